The van der Waals surface area contributed by atoms with Gasteiger partial charge in [0.15, 0.2) is 0 Å². The molecule has 0 radical (unpaired) electrons. The highest BCUT2D eigenvalue weighted by atomic mass is 79.9. The largest absolute Gasteiger partial charge is 0.497 e. The molecule has 106 valence electrons. The topological polar surface area (TPSA) is 30.5 Å². The van der Waals surface area contributed by atoms with Crippen molar-refractivity contribution in [3.05, 3.63) is 58.6 Å². The van der Waals surface area contributed by atoms with Crippen LogP contribution in [0.1, 0.15) is 5.56 Å². The molecule has 0 bridgehead atoms. The summed E-state index contributed by atoms with van der Waals surface area (Å²) in [5, 5.41) is 3.36. The van der Waals surface area contributed by atoms with E-state index in [-0.39, 0.29) is 0 Å². The maximum Gasteiger partial charge on any atom is 0.119 e. The van der Waals surface area contributed by atoms with Crippen LogP contribution in [0.15, 0.2) is 53.0 Å². The number of hydrogen-bond donors (Lipinski definition) is 1. The highest BCUT2D eigenvalue weighted by molar-refractivity contribution is 9.10. The predicted molar refractivity (Wildman–Crippen MR) is 84.3 cm³/mol. The summed E-state index contributed by atoms with van der Waals surface area (Å²) in [5.41, 5.74) is 1.25. The van der Waals surface area contributed by atoms with Gasteiger partial charge < -0.3 is 14.8 Å². The summed E-state index contributed by atoms with van der Waals surface area (Å²) in [5.74, 6) is 1.69. The van der Waals surface area contributed by atoms with Gasteiger partial charge in [-0.1, -0.05) is 34.1 Å². The fraction of sp³-hybridized carbons (Fsp3) is 0.250. The van der Waals surface area contributed by atoms with Crippen molar-refractivity contribution in [1.29, 1.82) is 0 Å². The van der Waals surface area contributed by atoms with Gasteiger partial charge in [0, 0.05) is 17.6 Å². The number of methoxy groups -OCH3 is 1. The van der Waals surface area contributed by atoms with Crippen LogP contribution in [-0.2, 0) is 6.54 Å². The van der Waals surface area contributed by atoms with E-state index in [4.69, 9.17) is 9.47 Å². The van der Waals surface area contributed by atoms with Crippen molar-refractivity contribution in [2.75, 3.05) is 20.3 Å². The Morgan fingerprint density at radius 2 is 1.70 bits per heavy atom. The van der Waals surface area contributed by atoms with Gasteiger partial charge in [0.2, 0.25) is 0 Å². The molecule has 0 amide bonds. The monoisotopic (exact) mass is 335 g/mol. The van der Waals surface area contributed by atoms with E-state index in [0.717, 1.165) is 29.1 Å². The molecule has 0 aliphatic rings. The summed E-state index contributed by atoms with van der Waals surface area (Å²) in [6, 6.07) is 15.8. The molecule has 0 fully saturated rings. The second-order valence-electron chi connectivity index (χ2n) is 4.29. The van der Waals surface area contributed by atoms with E-state index in [1.807, 2.05) is 42.5 Å². The average Bonchev–Trinajstić information content (AvgIpc) is 2.49. The summed E-state index contributed by atoms with van der Waals surface area (Å²) in [7, 11) is 1.65. The van der Waals surface area contributed by atoms with Gasteiger partial charge in [-0.3, -0.25) is 0 Å². The number of ether oxygens (including phenoxy) is 2. The van der Waals surface area contributed by atoms with Crippen LogP contribution in [0.5, 0.6) is 11.5 Å². The molecule has 20 heavy (non-hydrogen) atoms. The first-order valence-electron chi connectivity index (χ1n) is 6.50. The lowest BCUT2D eigenvalue weighted by Gasteiger charge is -2.09. The summed E-state index contributed by atoms with van der Waals surface area (Å²) >= 11 is 3.53. The number of benzene rings is 2. The van der Waals surface area contributed by atoms with Crippen LogP contribution in [0, 0.1) is 0 Å². The molecule has 0 saturated heterocycles. The third kappa shape index (κ3) is 4.54. The van der Waals surface area contributed by atoms with Crippen molar-refractivity contribution in [3.63, 3.8) is 0 Å². The quantitative estimate of drug-likeness (QED) is 0.784. The van der Waals surface area contributed by atoms with Crippen LogP contribution in [0.25, 0.3) is 0 Å². The Kier molecular flexibility index (Phi) is 5.89. The lowest BCUT2D eigenvalue weighted by atomic mass is 10.2. The molecule has 0 aromatic heterocycles. The van der Waals surface area contributed by atoms with Gasteiger partial charge in [0.25, 0.3) is 0 Å². The maximum absolute atomic E-state index is 5.64. The van der Waals surface area contributed by atoms with Gasteiger partial charge in [-0.25, -0.2) is 0 Å². The summed E-state index contributed by atoms with van der Waals surface area (Å²) in [6.07, 6.45) is 0. The van der Waals surface area contributed by atoms with Gasteiger partial charge >= 0.3 is 0 Å². The standard InChI is InChI=1S/C16H18BrNO2/c1-19-14-6-8-15(9-7-14)20-11-10-18-12-13-4-2-3-5-16(13)17/h2-9,18H,10-12H2,1H3. The molecule has 0 unspecified atom stereocenters. The minimum atomic E-state index is 0.636. The van der Waals surface area contributed by atoms with Crippen LogP contribution < -0.4 is 14.8 Å². The van der Waals surface area contributed by atoms with E-state index in [1.54, 1.807) is 7.11 Å². The van der Waals surface area contributed by atoms with E-state index in [1.165, 1.54) is 5.56 Å². The van der Waals surface area contributed by atoms with Gasteiger partial charge in [-0.15, -0.1) is 0 Å². The number of halogens is 1. The van der Waals surface area contributed by atoms with E-state index in [0.29, 0.717) is 6.61 Å². The SMILES string of the molecule is COc1ccc(OCCNCc2ccccc2Br)cc1. The summed E-state index contributed by atoms with van der Waals surface area (Å²) in [4.78, 5) is 0. The fourth-order valence-electron chi connectivity index (χ4n) is 1.78. The molecule has 1 N–H and O–H groups in total. The molecule has 2 rings (SSSR count). The number of nitrogens with one attached hydrogen (secondary N) is 1. The van der Waals surface area contributed by atoms with Crippen molar-refractivity contribution in [1.82, 2.24) is 5.32 Å². The molecule has 0 saturated carbocycles. The van der Waals surface area contributed by atoms with Crippen LogP contribution in [0.2, 0.25) is 0 Å². The minimum Gasteiger partial charge on any atom is -0.497 e. The second-order valence-corrected chi connectivity index (χ2v) is 5.15. The Labute approximate surface area is 128 Å². The van der Waals surface area contributed by atoms with Gasteiger partial charge in [0.1, 0.15) is 18.1 Å². The first kappa shape index (κ1) is 14.9. The Morgan fingerprint density at radius 3 is 2.40 bits per heavy atom. The van der Waals surface area contributed by atoms with Crippen LogP contribution in [0.4, 0.5) is 0 Å². The zero-order chi connectivity index (χ0) is 14.2. The molecule has 0 spiro atoms. The molecule has 0 aliphatic heterocycles. The lowest BCUT2D eigenvalue weighted by Crippen LogP contribution is -2.20. The van der Waals surface area contributed by atoms with Crippen LogP contribution in [0.3, 0.4) is 0 Å². The third-order valence-electron chi connectivity index (χ3n) is 2.88. The van der Waals surface area contributed by atoms with E-state index >= 15 is 0 Å². The van der Waals surface area contributed by atoms with Crippen molar-refractivity contribution in [2.24, 2.45) is 0 Å². The predicted octanol–water partition coefficient (Wildman–Crippen LogP) is 3.63. The molecular weight excluding hydrogens is 318 g/mol. The zero-order valence-electron chi connectivity index (χ0n) is 11.4. The highest BCUT2D eigenvalue weighted by Crippen LogP contribution is 2.17. The van der Waals surface area contributed by atoms with Crippen molar-refractivity contribution in [2.45, 2.75) is 6.54 Å². The van der Waals surface area contributed by atoms with E-state index in [2.05, 4.69) is 27.3 Å². The number of rotatable bonds is 7. The molecule has 2 aromatic rings. The Morgan fingerprint density at radius 1 is 1.00 bits per heavy atom. The third-order valence-corrected chi connectivity index (χ3v) is 3.65. The Balaban J connectivity index is 1.67. The maximum atomic E-state index is 5.64. The summed E-state index contributed by atoms with van der Waals surface area (Å²) < 4.78 is 11.9. The normalized spacial score (nSPS) is 10.3. The van der Waals surface area contributed by atoms with Gasteiger partial charge in [-0.2, -0.15) is 0 Å². The van der Waals surface area contributed by atoms with Crippen LogP contribution >= 0.6 is 15.9 Å². The van der Waals surface area contributed by atoms with E-state index in [9.17, 15) is 0 Å². The van der Waals surface area contributed by atoms with Gasteiger partial charge in [-0.05, 0) is 35.9 Å². The molecule has 4 heteroatoms. The fourth-order valence-corrected chi connectivity index (χ4v) is 2.20. The van der Waals surface area contributed by atoms with Crippen LogP contribution in [-0.4, -0.2) is 20.3 Å². The van der Waals surface area contributed by atoms with Crippen molar-refractivity contribution < 1.29 is 9.47 Å². The lowest BCUT2D eigenvalue weighted by molar-refractivity contribution is 0.313. The summed E-state index contributed by atoms with van der Waals surface area (Å²) in [6.45, 7) is 2.26. The molecule has 0 aliphatic carbocycles. The molecule has 3 nitrogen and oxygen atoms in total. The number of hydrogen-bond acceptors (Lipinski definition) is 3. The molecule has 2 aromatic carbocycles. The zero-order valence-corrected chi connectivity index (χ0v) is 13.0. The average molecular weight is 336 g/mol. The van der Waals surface area contributed by atoms with E-state index < -0.39 is 0 Å². The van der Waals surface area contributed by atoms with Crippen molar-refractivity contribution >= 4 is 15.9 Å². The Bertz CT molecular complexity index is 528. The first-order valence-corrected chi connectivity index (χ1v) is 7.30. The molecule has 0 atom stereocenters. The smallest absolute Gasteiger partial charge is 0.119 e. The second kappa shape index (κ2) is 7.92. The Hall–Kier alpha value is -1.52. The highest BCUT2D eigenvalue weighted by Gasteiger charge is 1.98. The molecule has 0 heterocycles. The van der Waals surface area contributed by atoms with Gasteiger partial charge in [0.05, 0.1) is 7.11 Å². The van der Waals surface area contributed by atoms with Crippen molar-refractivity contribution in [3.8, 4) is 11.5 Å². The minimum absolute atomic E-state index is 0.636. The first-order chi connectivity index (χ1) is 9.79. The molecular formula is C16H18BrNO2.